The Balaban J connectivity index is 2.46. The third-order valence-corrected chi connectivity index (χ3v) is 4.03. The highest BCUT2D eigenvalue weighted by Crippen LogP contribution is 2.21. The molecule has 1 atom stereocenters. The smallest absolute Gasteiger partial charge is 0.327 e. The average molecular weight is 332 g/mol. The standard InChI is InChI=1S/C12H14BrNO3S/c1-8(15)14-11(12(16)17)7-18-6-9-4-2-3-5-10(9)13/h2-5,11H,6-7H2,1H3,(H,14,15)(H,16,17)/t11-/m0/s1. The molecule has 0 radical (unpaired) electrons. The number of carboxylic acids is 1. The van der Waals surface area contributed by atoms with Crippen LogP contribution in [0.4, 0.5) is 0 Å². The monoisotopic (exact) mass is 331 g/mol. The third-order valence-electron chi connectivity index (χ3n) is 2.18. The molecule has 0 unspecified atom stereocenters. The molecular weight excluding hydrogens is 318 g/mol. The van der Waals surface area contributed by atoms with E-state index in [1.54, 1.807) is 0 Å². The third kappa shape index (κ3) is 5.10. The first kappa shape index (κ1) is 15.0. The van der Waals surface area contributed by atoms with Gasteiger partial charge in [0.15, 0.2) is 0 Å². The molecule has 18 heavy (non-hydrogen) atoms. The van der Waals surface area contributed by atoms with E-state index < -0.39 is 12.0 Å². The van der Waals surface area contributed by atoms with Gasteiger partial charge >= 0.3 is 5.97 Å². The van der Waals surface area contributed by atoms with Crippen molar-refractivity contribution in [3.8, 4) is 0 Å². The zero-order chi connectivity index (χ0) is 13.5. The molecule has 0 aliphatic heterocycles. The number of thioether (sulfide) groups is 1. The van der Waals surface area contributed by atoms with E-state index in [-0.39, 0.29) is 5.91 Å². The number of hydrogen-bond donors (Lipinski definition) is 2. The molecule has 0 aliphatic carbocycles. The summed E-state index contributed by atoms with van der Waals surface area (Å²) in [5, 5.41) is 11.3. The Bertz CT molecular complexity index is 439. The van der Waals surface area contributed by atoms with Crippen LogP contribution in [0.15, 0.2) is 28.7 Å². The highest BCUT2D eigenvalue weighted by atomic mass is 79.9. The maximum atomic E-state index is 10.9. The van der Waals surface area contributed by atoms with Crippen LogP contribution in [0.25, 0.3) is 0 Å². The van der Waals surface area contributed by atoms with Crippen molar-refractivity contribution in [2.45, 2.75) is 18.7 Å². The van der Waals surface area contributed by atoms with Gasteiger partial charge in [0.05, 0.1) is 0 Å². The van der Waals surface area contributed by atoms with Crippen molar-refractivity contribution >= 4 is 39.6 Å². The number of hydrogen-bond acceptors (Lipinski definition) is 3. The predicted molar refractivity (Wildman–Crippen MR) is 75.5 cm³/mol. The molecule has 1 aromatic rings. The van der Waals surface area contributed by atoms with E-state index >= 15 is 0 Å². The zero-order valence-electron chi connectivity index (χ0n) is 9.85. The SMILES string of the molecule is CC(=O)N[C@@H](CSCc1ccccc1Br)C(=O)O. The van der Waals surface area contributed by atoms with Gasteiger partial charge in [-0.25, -0.2) is 4.79 Å². The Labute approximate surface area is 118 Å². The molecule has 0 saturated heterocycles. The van der Waals surface area contributed by atoms with Gasteiger partial charge in [-0.1, -0.05) is 34.1 Å². The fraction of sp³-hybridized carbons (Fsp3) is 0.333. The second kappa shape index (κ2) is 7.43. The van der Waals surface area contributed by atoms with Gasteiger partial charge in [0.25, 0.3) is 0 Å². The Hall–Kier alpha value is -1.01. The van der Waals surface area contributed by atoms with Crippen LogP contribution in [0.5, 0.6) is 0 Å². The Morgan fingerprint density at radius 2 is 2.11 bits per heavy atom. The highest BCUT2D eigenvalue weighted by Gasteiger charge is 2.18. The van der Waals surface area contributed by atoms with E-state index in [0.717, 1.165) is 10.0 Å². The average Bonchev–Trinajstić information content (AvgIpc) is 2.29. The summed E-state index contributed by atoms with van der Waals surface area (Å²) >= 11 is 4.91. The molecule has 0 heterocycles. The molecule has 0 spiro atoms. The van der Waals surface area contributed by atoms with Gasteiger partial charge < -0.3 is 10.4 Å². The molecule has 98 valence electrons. The lowest BCUT2D eigenvalue weighted by atomic mass is 10.2. The summed E-state index contributed by atoms with van der Waals surface area (Å²) in [7, 11) is 0. The maximum absolute atomic E-state index is 10.9. The minimum atomic E-state index is -1.01. The number of halogens is 1. The van der Waals surface area contributed by atoms with Crippen molar-refractivity contribution in [2.75, 3.05) is 5.75 Å². The molecule has 4 nitrogen and oxygen atoms in total. The Kier molecular flexibility index (Phi) is 6.21. The lowest BCUT2D eigenvalue weighted by Crippen LogP contribution is -2.41. The lowest BCUT2D eigenvalue weighted by Gasteiger charge is -2.12. The number of aliphatic carboxylic acids is 1. The normalized spacial score (nSPS) is 11.9. The fourth-order valence-electron chi connectivity index (χ4n) is 1.32. The number of carbonyl (C=O) groups excluding carboxylic acids is 1. The van der Waals surface area contributed by atoms with E-state index in [1.165, 1.54) is 18.7 Å². The van der Waals surface area contributed by atoms with Crippen molar-refractivity contribution in [1.82, 2.24) is 5.32 Å². The number of nitrogens with one attached hydrogen (secondary N) is 1. The Morgan fingerprint density at radius 3 is 2.67 bits per heavy atom. The number of benzene rings is 1. The molecule has 6 heteroatoms. The number of carbonyl (C=O) groups is 2. The summed E-state index contributed by atoms with van der Waals surface area (Å²) in [6.07, 6.45) is 0. The van der Waals surface area contributed by atoms with E-state index in [2.05, 4.69) is 21.2 Å². The minimum absolute atomic E-state index is 0.330. The largest absolute Gasteiger partial charge is 0.480 e. The molecule has 0 saturated carbocycles. The second-order valence-electron chi connectivity index (χ2n) is 3.70. The number of amides is 1. The van der Waals surface area contributed by atoms with E-state index in [9.17, 15) is 9.59 Å². The van der Waals surface area contributed by atoms with Gasteiger partial charge in [-0.05, 0) is 11.6 Å². The molecule has 1 amide bonds. The van der Waals surface area contributed by atoms with Crippen molar-refractivity contribution in [3.05, 3.63) is 34.3 Å². The molecule has 0 aromatic heterocycles. The first-order valence-electron chi connectivity index (χ1n) is 5.31. The van der Waals surface area contributed by atoms with Gasteiger partial charge in [0.2, 0.25) is 5.91 Å². The topological polar surface area (TPSA) is 66.4 Å². The molecule has 1 aromatic carbocycles. The minimum Gasteiger partial charge on any atom is -0.480 e. The quantitative estimate of drug-likeness (QED) is 0.839. The zero-order valence-corrected chi connectivity index (χ0v) is 12.3. The van der Waals surface area contributed by atoms with Crippen LogP contribution in [0.1, 0.15) is 12.5 Å². The number of carboxylic acid groups (broad SMARTS) is 1. The maximum Gasteiger partial charge on any atom is 0.327 e. The summed E-state index contributed by atoms with van der Waals surface area (Å²) in [5.74, 6) is -0.296. The molecule has 0 bridgehead atoms. The molecule has 1 rings (SSSR count). The summed E-state index contributed by atoms with van der Waals surface area (Å²) in [6, 6.07) is 6.94. The van der Waals surface area contributed by atoms with Crippen LogP contribution in [-0.2, 0) is 15.3 Å². The fourth-order valence-corrected chi connectivity index (χ4v) is 2.98. The van der Waals surface area contributed by atoms with Crippen molar-refractivity contribution in [1.29, 1.82) is 0 Å². The van der Waals surface area contributed by atoms with E-state index in [0.29, 0.717) is 11.5 Å². The lowest BCUT2D eigenvalue weighted by molar-refractivity contribution is -0.140. The predicted octanol–water partition coefficient (Wildman–Crippen LogP) is 2.27. The van der Waals surface area contributed by atoms with Crippen LogP contribution < -0.4 is 5.32 Å². The van der Waals surface area contributed by atoms with Crippen LogP contribution in [-0.4, -0.2) is 28.8 Å². The van der Waals surface area contributed by atoms with Crippen LogP contribution in [0.3, 0.4) is 0 Å². The summed E-state index contributed by atoms with van der Waals surface area (Å²) in [4.78, 5) is 21.8. The Morgan fingerprint density at radius 1 is 1.44 bits per heavy atom. The van der Waals surface area contributed by atoms with Crippen molar-refractivity contribution in [3.63, 3.8) is 0 Å². The van der Waals surface area contributed by atoms with Crippen LogP contribution in [0.2, 0.25) is 0 Å². The second-order valence-corrected chi connectivity index (χ2v) is 5.58. The van der Waals surface area contributed by atoms with Gasteiger partial charge in [-0.15, -0.1) is 0 Å². The van der Waals surface area contributed by atoms with E-state index in [1.807, 2.05) is 24.3 Å². The summed E-state index contributed by atoms with van der Waals surface area (Å²) < 4.78 is 1.00. The van der Waals surface area contributed by atoms with Gasteiger partial charge in [0.1, 0.15) is 6.04 Å². The number of rotatable bonds is 6. The molecule has 2 N–H and O–H groups in total. The van der Waals surface area contributed by atoms with E-state index in [4.69, 9.17) is 5.11 Å². The summed E-state index contributed by atoms with van der Waals surface area (Å²) in [5.41, 5.74) is 1.11. The first-order valence-corrected chi connectivity index (χ1v) is 7.26. The molecule has 0 fully saturated rings. The molecular formula is C12H14BrNO3S. The van der Waals surface area contributed by atoms with Gasteiger partial charge in [0, 0.05) is 22.9 Å². The summed E-state index contributed by atoms with van der Waals surface area (Å²) in [6.45, 7) is 1.31. The van der Waals surface area contributed by atoms with Gasteiger partial charge in [-0.2, -0.15) is 11.8 Å². The van der Waals surface area contributed by atoms with Crippen LogP contribution in [0, 0.1) is 0 Å². The molecule has 0 aliphatic rings. The first-order chi connectivity index (χ1) is 8.50. The van der Waals surface area contributed by atoms with Crippen molar-refractivity contribution < 1.29 is 14.7 Å². The van der Waals surface area contributed by atoms with Gasteiger partial charge in [-0.3, -0.25) is 4.79 Å². The highest BCUT2D eigenvalue weighted by molar-refractivity contribution is 9.10. The van der Waals surface area contributed by atoms with Crippen LogP contribution >= 0.6 is 27.7 Å². The van der Waals surface area contributed by atoms with Crippen molar-refractivity contribution in [2.24, 2.45) is 0 Å².